The molecule has 1 amide bonds. The smallest absolute Gasteiger partial charge is 0.223 e. The van der Waals surface area contributed by atoms with Crippen LogP contribution in [0.5, 0.6) is 0 Å². The van der Waals surface area contributed by atoms with Gasteiger partial charge in [-0.15, -0.1) is 0 Å². The minimum absolute atomic E-state index is 0.102. The molecular weight excluding hydrogens is 298 g/mol. The lowest BCUT2D eigenvalue weighted by Crippen LogP contribution is -2.49. The van der Waals surface area contributed by atoms with Gasteiger partial charge >= 0.3 is 0 Å². The summed E-state index contributed by atoms with van der Waals surface area (Å²) < 4.78 is 0. The second-order valence-corrected chi connectivity index (χ2v) is 7.70. The van der Waals surface area contributed by atoms with Gasteiger partial charge in [0, 0.05) is 19.0 Å². The van der Waals surface area contributed by atoms with Crippen LogP contribution in [0.15, 0.2) is 24.3 Å². The van der Waals surface area contributed by atoms with Crippen molar-refractivity contribution >= 4 is 5.91 Å². The van der Waals surface area contributed by atoms with Gasteiger partial charge in [0.15, 0.2) is 0 Å². The van der Waals surface area contributed by atoms with E-state index in [1.807, 2.05) is 6.92 Å². The molecule has 2 fully saturated rings. The van der Waals surface area contributed by atoms with Crippen LogP contribution in [0, 0.1) is 17.8 Å². The maximum atomic E-state index is 12.2. The van der Waals surface area contributed by atoms with E-state index in [1.54, 1.807) is 0 Å². The number of nitrogens with zero attached hydrogens (tertiary/aromatic N) is 1. The highest BCUT2D eigenvalue weighted by Crippen LogP contribution is 2.19. The molecule has 2 heterocycles. The molecule has 1 unspecified atom stereocenters. The Morgan fingerprint density at radius 1 is 1.29 bits per heavy atom. The highest BCUT2D eigenvalue weighted by molar-refractivity contribution is 5.78. The van der Waals surface area contributed by atoms with Crippen molar-refractivity contribution in [1.82, 2.24) is 15.5 Å². The summed E-state index contributed by atoms with van der Waals surface area (Å²) in [5.74, 6) is 1.65. The topological polar surface area (TPSA) is 44.4 Å². The molecule has 0 saturated carbocycles. The van der Waals surface area contributed by atoms with Crippen LogP contribution in [0.25, 0.3) is 0 Å². The monoisotopic (exact) mass is 329 g/mol. The van der Waals surface area contributed by atoms with Gasteiger partial charge < -0.3 is 10.6 Å². The third-order valence-corrected chi connectivity index (χ3v) is 5.67. The van der Waals surface area contributed by atoms with Gasteiger partial charge in [-0.05, 0) is 62.0 Å². The SMILES string of the molecule is CC1CCN(Cc2cccc(CNC(=O)C(C)C3CNC3)c2)CC1. The number of hydrogen-bond acceptors (Lipinski definition) is 3. The minimum atomic E-state index is 0.102. The molecule has 0 aromatic heterocycles. The molecule has 2 saturated heterocycles. The number of likely N-dealkylation sites (tertiary alicyclic amines) is 1. The molecule has 2 aliphatic heterocycles. The lowest BCUT2D eigenvalue weighted by Gasteiger charge is -2.31. The van der Waals surface area contributed by atoms with Crippen molar-refractivity contribution in [1.29, 1.82) is 0 Å². The van der Waals surface area contributed by atoms with Gasteiger partial charge in [-0.1, -0.05) is 38.1 Å². The molecule has 0 aliphatic carbocycles. The van der Waals surface area contributed by atoms with E-state index in [2.05, 4.69) is 46.7 Å². The quantitative estimate of drug-likeness (QED) is 0.842. The first-order chi connectivity index (χ1) is 11.6. The van der Waals surface area contributed by atoms with E-state index >= 15 is 0 Å². The van der Waals surface area contributed by atoms with Crippen molar-refractivity contribution in [2.24, 2.45) is 17.8 Å². The summed E-state index contributed by atoms with van der Waals surface area (Å²) in [6, 6.07) is 8.67. The Bertz CT molecular complexity index is 548. The Kier molecular flexibility index (Phi) is 5.90. The maximum Gasteiger partial charge on any atom is 0.223 e. The van der Waals surface area contributed by atoms with Crippen LogP contribution in [-0.4, -0.2) is 37.0 Å². The van der Waals surface area contributed by atoms with Gasteiger partial charge in [0.25, 0.3) is 0 Å². The first kappa shape index (κ1) is 17.4. The van der Waals surface area contributed by atoms with Crippen molar-refractivity contribution < 1.29 is 4.79 Å². The zero-order valence-corrected chi connectivity index (χ0v) is 15.1. The molecule has 4 nitrogen and oxygen atoms in total. The van der Waals surface area contributed by atoms with Gasteiger partial charge in [0.1, 0.15) is 0 Å². The van der Waals surface area contributed by atoms with E-state index in [4.69, 9.17) is 0 Å². The van der Waals surface area contributed by atoms with Crippen molar-refractivity contribution in [3.63, 3.8) is 0 Å². The van der Waals surface area contributed by atoms with Crippen LogP contribution < -0.4 is 10.6 Å². The molecule has 1 atom stereocenters. The minimum Gasteiger partial charge on any atom is -0.352 e. The number of carbonyl (C=O) groups is 1. The zero-order chi connectivity index (χ0) is 16.9. The molecule has 132 valence electrons. The first-order valence-corrected chi connectivity index (χ1v) is 9.40. The molecule has 1 aromatic rings. The van der Waals surface area contributed by atoms with Gasteiger partial charge in [-0.25, -0.2) is 0 Å². The summed E-state index contributed by atoms with van der Waals surface area (Å²) in [6.45, 7) is 10.4. The molecule has 0 spiro atoms. The van der Waals surface area contributed by atoms with Gasteiger partial charge in [0.2, 0.25) is 5.91 Å². The van der Waals surface area contributed by atoms with Crippen LogP contribution >= 0.6 is 0 Å². The molecule has 24 heavy (non-hydrogen) atoms. The van der Waals surface area contributed by atoms with Crippen LogP contribution in [0.3, 0.4) is 0 Å². The Morgan fingerprint density at radius 2 is 2.00 bits per heavy atom. The fourth-order valence-corrected chi connectivity index (χ4v) is 3.55. The predicted octanol–water partition coefficient (Wildman–Crippen LogP) is 2.39. The summed E-state index contributed by atoms with van der Waals surface area (Å²) in [4.78, 5) is 14.8. The normalized spacial score (nSPS) is 21.2. The average molecular weight is 329 g/mol. The molecule has 1 aromatic carbocycles. The summed E-state index contributed by atoms with van der Waals surface area (Å²) in [5.41, 5.74) is 2.55. The van der Waals surface area contributed by atoms with Gasteiger partial charge in [-0.2, -0.15) is 0 Å². The van der Waals surface area contributed by atoms with Crippen molar-refractivity contribution in [3.05, 3.63) is 35.4 Å². The summed E-state index contributed by atoms with van der Waals surface area (Å²) in [7, 11) is 0. The number of rotatable bonds is 6. The van der Waals surface area contributed by atoms with E-state index in [9.17, 15) is 4.79 Å². The molecule has 2 aliphatic rings. The largest absolute Gasteiger partial charge is 0.352 e. The molecule has 2 N–H and O–H groups in total. The number of hydrogen-bond donors (Lipinski definition) is 2. The second-order valence-electron chi connectivity index (χ2n) is 7.70. The summed E-state index contributed by atoms with van der Waals surface area (Å²) in [6.07, 6.45) is 2.62. The summed E-state index contributed by atoms with van der Waals surface area (Å²) >= 11 is 0. The predicted molar refractivity (Wildman–Crippen MR) is 97.5 cm³/mol. The number of piperidine rings is 1. The van der Waals surface area contributed by atoms with Crippen LogP contribution in [0.1, 0.15) is 37.8 Å². The van der Waals surface area contributed by atoms with E-state index in [-0.39, 0.29) is 11.8 Å². The zero-order valence-electron chi connectivity index (χ0n) is 15.1. The molecule has 4 heteroatoms. The lowest BCUT2D eigenvalue weighted by molar-refractivity contribution is -0.126. The molecular formula is C20H31N3O. The lowest BCUT2D eigenvalue weighted by atomic mass is 9.88. The third kappa shape index (κ3) is 4.58. The number of amides is 1. The first-order valence-electron chi connectivity index (χ1n) is 9.40. The standard InChI is InChI=1S/C20H31N3O/c1-15-6-8-23(9-7-15)14-18-5-3-4-17(10-18)11-22-20(24)16(2)19-12-21-13-19/h3-5,10,15-16,19,21H,6-9,11-14H2,1-2H3,(H,22,24). The van der Waals surface area contributed by atoms with E-state index in [1.165, 1.54) is 37.1 Å². The molecule has 3 rings (SSSR count). The Labute approximate surface area is 146 Å². The van der Waals surface area contributed by atoms with Gasteiger partial charge in [0.05, 0.1) is 0 Å². The Balaban J connectivity index is 1.48. The van der Waals surface area contributed by atoms with Crippen LogP contribution in [0.4, 0.5) is 0 Å². The maximum absolute atomic E-state index is 12.2. The van der Waals surface area contributed by atoms with E-state index in [0.717, 1.165) is 25.6 Å². The van der Waals surface area contributed by atoms with Crippen molar-refractivity contribution in [2.75, 3.05) is 26.2 Å². The molecule has 0 bridgehead atoms. The number of carbonyl (C=O) groups excluding carboxylic acids is 1. The van der Waals surface area contributed by atoms with Crippen molar-refractivity contribution in [2.45, 2.75) is 39.8 Å². The average Bonchev–Trinajstić information content (AvgIpc) is 2.53. The van der Waals surface area contributed by atoms with Crippen LogP contribution in [0.2, 0.25) is 0 Å². The molecule has 0 radical (unpaired) electrons. The number of nitrogens with one attached hydrogen (secondary N) is 2. The fraction of sp³-hybridized carbons (Fsp3) is 0.650. The Hall–Kier alpha value is -1.39. The number of benzene rings is 1. The van der Waals surface area contributed by atoms with Gasteiger partial charge in [-0.3, -0.25) is 9.69 Å². The van der Waals surface area contributed by atoms with Crippen LogP contribution in [-0.2, 0) is 17.9 Å². The highest BCUT2D eigenvalue weighted by Gasteiger charge is 2.28. The van der Waals surface area contributed by atoms with E-state index < -0.39 is 0 Å². The highest BCUT2D eigenvalue weighted by atomic mass is 16.1. The summed E-state index contributed by atoms with van der Waals surface area (Å²) in [5, 5.41) is 6.34. The Morgan fingerprint density at radius 3 is 2.67 bits per heavy atom. The fourth-order valence-electron chi connectivity index (χ4n) is 3.55. The van der Waals surface area contributed by atoms with Crippen molar-refractivity contribution in [3.8, 4) is 0 Å². The van der Waals surface area contributed by atoms with E-state index in [0.29, 0.717) is 12.5 Å². The second kappa shape index (κ2) is 8.13. The third-order valence-electron chi connectivity index (χ3n) is 5.67.